The average molecular weight is 587 g/mol. The second-order valence-electron chi connectivity index (χ2n) is 9.68. The third-order valence-corrected chi connectivity index (χ3v) is 6.37. The van der Waals surface area contributed by atoms with Gasteiger partial charge in [-0.15, -0.1) is 0 Å². The molecule has 0 saturated carbocycles. The van der Waals surface area contributed by atoms with E-state index in [2.05, 4.69) is 26.4 Å². The molecule has 232 valence electrons. The molecule has 1 aliphatic heterocycles. The molecule has 1 unspecified atom stereocenters. The molecule has 3 rings (SSSR count). The zero-order chi connectivity index (χ0) is 29.0. The summed E-state index contributed by atoms with van der Waals surface area (Å²) in [6, 6.07) is 8.55. The number of benzene rings is 1. The van der Waals surface area contributed by atoms with Gasteiger partial charge >= 0.3 is 6.18 Å². The molecule has 0 amide bonds. The molecule has 0 spiro atoms. The number of nitrogens with one attached hydrogen (secondary N) is 4. The number of alkyl halides is 3. The largest absolute Gasteiger partial charge is 0.433 e. The summed E-state index contributed by atoms with van der Waals surface area (Å²) >= 11 is 0. The maximum atomic E-state index is 13.2. The van der Waals surface area contributed by atoms with Crippen LogP contribution < -0.4 is 21.3 Å². The Morgan fingerprint density at radius 1 is 0.683 bits per heavy atom. The molecule has 1 fully saturated rings. The third kappa shape index (κ3) is 14.6. The van der Waals surface area contributed by atoms with Gasteiger partial charge in [0.15, 0.2) is 0 Å². The molecule has 1 aliphatic rings. The first-order chi connectivity index (χ1) is 20.0. The van der Waals surface area contributed by atoms with Crippen LogP contribution in [0.5, 0.6) is 0 Å². The number of hydrogen-bond donors (Lipinski definition) is 4. The monoisotopic (exact) mass is 586 g/mol. The summed E-state index contributed by atoms with van der Waals surface area (Å²) in [5.74, 6) is 0. The van der Waals surface area contributed by atoms with E-state index in [-0.39, 0.29) is 12.6 Å². The van der Waals surface area contributed by atoms with Gasteiger partial charge in [-0.1, -0.05) is 24.3 Å². The number of rotatable bonds is 4. The summed E-state index contributed by atoms with van der Waals surface area (Å²) in [5, 5.41) is 17.2. The first kappa shape index (κ1) is 33.4. The third-order valence-electron chi connectivity index (χ3n) is 6.37. The van der Waals surface area contributed by atoms with Crippen LogP contribution in [-0.4, -0.2) is 114 Å². The Labute approximate surface area is 240 Å². The van der Waals surface area contributed by atoms with Gasteiger partial charge in [-0.2, -0.15) is 18.3 Å². The highest BCUT2D eigenvalue weighted by Gasteiger charge is 2.34. The van der Waals surface area contributed by atoms with Crippen LogP contribution >= 0.6 is 0 Å². The van der Waals surface area contributed by atoms with E-state index in [1.807, 2.05) is 24.3 Å². The normalized spacial score (nSPS) is 21.2. The molecule has 0 radical (unpaired) electrons. The van der Waals surface area contributed by atoms with Gasteiger partial charge in [0.05, 0.1) is 58.9 Å². The fraction of sp³-hybridized carbons (Fsp3) is 0.679. The Balaban J connectivity index is 1.45. The second kappa shape index (κ2) is 19.9. The highest BCUT2D eigenvalue weighted by molar-refractivity contribution is 5.24. The number of ether oxygens (including phenoxy) is 4. The van der Waals surface area contributed by atoms with E-state index >= 15 is 0 Å². The maximum absolute atomic E-state index is 13.2. The van der Waals surface area contributed by atoms with Gasteiger partial charge in [-0.05, 0) is 23.6 Å². The predicted octanol–water partition coefficient (Wildman–Crippen LogP) is 1.30. The van der Waals surface area contributed by atoms with Crippen LogP contribution in [0.1, 0.15) is 16.8 Å². The van der Waals surface area contributed by atoms with Crippen molar-refractivity contribution in [2.24, 2.45) is 0 Å². The van der Waals surface area contributed by atoms with Crippen LogP contribution in [0.4, 0.5) is 13.2 Å². The summed E-state index contributed by atoms with van der Waals surface area (Å²) in [6.45, 7) is 10.4. The zero-order valence-corrected chi connectivity index (χ0v) is 23.7. The van der Waals surface area contributed by atoms with Crippen molar-refractivity contribution in [3.63, 3.8) is 0 Å². The van der Waals surface area contributed by atoms with E-state index in [1.54, 1.807) is 0 Å². The first-order valence-corrected chi connectivity index (χ1v) is 14.4. The fourth-order valence-corrected chi connectivity index (χ4v) is 4.21. The van der Waals surface area contributed by atoms with Gasteiger partial charge in [-0.25, -0.2) is 0 Å². The number of hydrogen-bond acceptors (Lipinski definition) is 9. The Morgan fingerprint density at radius 3 is 1.71 bits per heavy atom. The van der Waals surface area contributed by atoms with E-state index in [4.69, 9.17) is 18.9 Å². The van der Waals surface area contributed by atoms with E-state index in [1.165, 1.54) is 6.20 Å². The van der Waals surface area contributed by atoms with Crippen molar-refractivity contribution in [2.45, 2.75) is 25.2 Å². The zero-order valence-electron chi connectivity index (χ0n) is 23.7. The van der Waals surface area contributed by atoms with Gasteiger partial charge in [0.1, 0.15) is 5.69 Å². The molecule has 2 aromatic rings. The van der Waals surface area contributed by atoms with Crippen molar-refractivity contribution < 1.29 is 32.1 Å². The minimum Gasteiger partial charge on any atom is -0.379 e. The minimum absolute atomic E-state index is 0.0544. The van der Waals surface area contributed by atoms with Crippen molar-refractivity contribution in [1.29, 1.82) is 0 Å². The van der Waals surface area contributed by atoms with Gasteiger partial charge < -0.3 is 40.2 Å². The van der Waals surface area contributed by atoms with Crippen LogP contribution in [0, 0.1) is 0 Å². The molecule has 41 heavy (non-hydrogen) atoms. The lowest BCUT2D eigenvalue weighted by Crippen LogP contribution is -2.35. The Kier molecular flexibility index (Phi) is 16.2. The second-order valence-corrected chi connectivity index (χ2v) is 9.68. The van der Waals surface area contributed by atoms with Crippen LogP contribution in [0.2, 0.25) is 0 Å². The molecule has 13 heteroatoms. The molecule has 10 nitrogen and oxygen atoms in total. The van der Waals surface area contributed by atoms with Crippen molar-refractivity contribution in [3.8, 4) is 0 Å². The summed E-state index contributed by atoms with van der Waals surface area (Å²) in [4.78, 5) is 0. The topological polar surface area (TPSA) is 103 Å². The van der Waals surface area contributed by atoms with E-state index in [0.717, 1.165) is 54.6 Å². The quantitative estimate of drug-likeness (QED) is 0.422. The lowest BCUT2D eigenvalue weighted by atomic mass is 10.1. The molecule has 2 heterocycles. The van der Waals surface area contributed by atoms with Crippen molar-refractivity contribution in [2.75, 3.05) is 98.6 Å². The van der Waals surface area contributed by atoms with Crippen molar-refractivity contribution in [3.05, 3.63) is 53.3 Å². The fourth-order valence-electron chi connectivity index (χ4n) is 4.21. The molecule has 0 aliphatic carbocycles. The van der Waals surface area contributed by atoms with Crippen LogP contribution in [0.25, 0.3) is 0 Å². The first-order valence-electron chi connectivity index (χ1n) is 14.4. The van der Waals surface area contributed by atoms with Crippen LogP contribution in [0.3, 0.4) is 0 Å². The summed E-state index contributed by atoms with van der Waals surface area (Å²) < 4.78 is 63.6. The van der Waals surface area contributed by atoms with Crippen LogP contribution in [-0.2, 0) is 38.1 Å². The highest BCUT2D eigenvalue weighted by atomic mass is 19.4. The van der Waals surface area contributed by atoms with E-state index < -0.39 is 11.9 Å². The van der Waals surface area contributed by atoms with E-state index in [0.29, 0.717) is 72.3 Å². The molecule has 1 aromatic heterocycles. The SMILES string of the molecule is FC(F)(F)c1ccnn1Cc1ccc(CC2CNCCOCCNCCOCCNCCOCCNCCO2)cc1. The summed E-state index contributed by atoms with van der Waals surface area (Å²) in [7, 11) is 0. The van der Waals surface area contributed by atoms with Gasteiger partial charge in [0, 0.05) is 58.6 Å². The molecule has 1 aromatic carbocycles. The molecular weight excluding hydrogens is 541 g/mol. The molecule has 1 atom stereocenters. The van der Waals surface area contributed by atoms with E-state index in [9.17, 15) is 13.2 Å². The lowest BCUT2D eigenvalue weighted by molar-refractivity contribution is -0.144. The van der Waals surface area contributed by atoms with Crippen molar-refractivity contribution >= 4 is 0 Å². The molecular formula is C28H45F3N6O4. The smallest absolute Gasteiger partial charge is 0.379 e. The highest BCUT2D eigenvalue weighted by Crippen LogP contribution is 2.29. The average Bonchev–Trinajstić information content (AvgIpc) is 3.43. The Bertz CT molecular complexity index is 908. The summed E-state index contributed by atoms with van der Waals surface area (Å²) in [6.07, 6.45) is -2.66. The standard InChI is InChI=1S/C28H45F3N6O4/c29-28(30,31)27-5-6-36-37(27)23-25-3-1-24(2-4-25)21-26-22-35-12-19-40-17-10-33-8-15-38-14-7-32-9-16-39-18-11-34-13-20-41-26/h1-6,26,32-35H,7-23H2. The predicted molar refractivity (Wildman–Crippen MR) is 150 cm³/mol. The van der Waals surface area contributed by atoms with Crippen molar-refractivity contribution in [1.82, 2.24) is 31.0 Å². The molecule has 1 saturated heterocycles. The summed E-state index contributed by atoms with van der Waals surface area (Å²) in [5.41, 5.74) is 1.04. The van der Waals surface area contributed by atoms with Gasteiger partial charge in [0.2, 0.25) is 0 Å². The maximum Gasteiger partial charge on any atom is 0.433 e. The Hall–Kier alpha value is -2.10. The van der Waals surface area contributed by atoms with Crippen LogP contribution in [0.15, 0.2) is 36.5 Å². The molecule has 0 bridgehead atoms. The minimum atomic E-state index is -4.43. The lowest BCUT2D eigenvalue weighted by Gasteiger charge is -2.20. The number of aromatic nitrogens is 2. The van der Waals surface area contributed by atoms with Gasteiger partial charge in [-0.3, -0.25) is 4.68 Å². The number of halogens is 3. The van der Waals surface area contributed by atoms with Gasteiger partial charge in [0.25, 0.3) is 0 Å². The number of nitrogens with zero attached hydrogens (tertiary/aromatic N) is 2. The Morgan fingerprint density at radius 2 is 1.17 bits per heavy atom. The molecule has 4 N–H and O–H groups in total.